The van der Waals surface area contributed by atoms with Crippen LogP contribution in [0, 0.1) is 0 Å². The number of hydrogen-bond donors (Lipinski definition) is 2. The molecule has 2 N–H and O–H groups in total. The number of hydrogen-bond acceptors (Lipinski definition) is 7. The molecule has 1 aliphatic rings. The van der Waals surface area contributed by atoms with Gasteiger partial charge in [0.05, 0.1) is 29.4 Å². The molecule has 1 saturated heterocycles. The first-order chi connectivity index (χ1) is 17.2. The summed E-state index contributed by atoms with van der Waals surface area (Å²) < 4.78 is 15.7. The average molecular weight is 490 g/mol. The minimum atomic E-state index is -0.188. The molecule has 3 aromatic heterocycles. The number of carbonyl (C=O) groups is 1. The van der Waals surface area contributed by atoms with E-state index in [-0.39, 0.29) is 17.4 Å². The van der Waals surface area contributed by atoms with Crippen LogP contribution in [0.2, 0.25) is 0 Å². The number of rotatable bonds is 6. The second-order valence-corrected chi connectivity index (χ2v) is 10.1. The van der Waals surface area contributed by atoms with Gasteiger partial charge in [0.15, 0.2) is 0 Å². The zero-order valence-corrected chi connectivity index (χ0v) is 21.2. The Morgan fingerprint density at radius 2 is 1.97 bits per heavy atom. The number of amides is 1. The van der Waals surface area contributed by atoms with Gasteiger partial charge in [-0.15, -0.1) is 0 Å². The van der Waals surface area contributed by atoms with Crippen molar-refractivity contribution in [2.24, 2.45) is 7.05 Å². The van der Waals surface area contributed by atoms with Crippen molar-refractivity contribution in [2.75, 3.05) is 23.8 Å². The number of ether oxygens (including phenoxy) is 2. The second-order valence-electron chi connectivity index (χ2n) is 10.1. The summed E-state index contributed by atoms with van der Waals surface area (Å²) >= 11 is 0. The first-order valence-corrected chi connectivity index (χ1v) is 12.0. The van der Waals surface area contributed by atoms with Gasteiger partial charge in [0.1, 0.15) is 23.1 Å². The van der Waals surface area contributed by atoms with E-state index in [1.807, 2.05) is 34.5 Å². The van der Waals surface area contributed by atoms with Crippen molar-refractivity contribution in [3.05, 3.63) is 48.3 Å². The Labute approximate surface area is 209 Å². The lowest BCUT2D eigenvalue weighted by Crippen LogP contribution is -2.16. The third-order valence-corrected chi connectivity index (χ3v) is 6.12. The number of carbonyl (C=O) groups excluding carboxylic acids is 1. The van der Waals surface area contributed by atoms with Crippen LogP contribution in [0.5, 0.6) is 11.5 Å². The molecule has 1 amide bonds. The Hall–Kier alpha value is -3.92. The highest BCUT2D eigenvalue weighted by Gasteiger charge is 2.26. The van der Waals surface area contributed by atoms with Gasteiger partial charge >= 0.3 is 0 Å². The molecule has 0 radical (unpaired) electrons. The number of anilines is 3. The lowest BCUT2D eigenvalue weighted by atomic mass is 9.92. The Balaban J connectivity index is 1.43. The van der Waals surface area contributed by atoms with E-state index in [1.54, 1.807) is 18.3 Å². The van der Waals surface area contributed by atoms with Crippen LogP contribution in [-0.4, -0.2) is 43.4 Å². The van der Waals surface area contributed by atoms with Crippen LogP contribution < -0.4 is 15.4 Å². The summed E-state index contributed by atoms with van der Waals surface area (Å²) in [4.78, 5) is 20.3. The monoisotopic (exact) mass is 489 g/mol. The Bertz CT molecular complexity index is 1410. The van der Waals surface area contributed by atoms with Crippen molar-refractivity contribution < 1.29 is 14.3 Å². The molecule has 0 saturated carbocycles. The molecular weight excluding hydrogens is 458 g/mol. The van der Waals surface area contributed by atoms with Crippen molar-refractivity contribution in [1.82, 2.24) is 24.3 Å². The molecule has 10 heteroatoms. The SMILES string of the molecule is CC(=O)Nc1cc(Oc2ccc3nc(Nc4cc(C(C)(C)C)nn4C4CCOC4)n(C)c3c2)ccn1. The van der Waals surface area contributed by atoms with E-state index in [9.17, 15) is 4.79 Å². The van der Waals surface area contributed by atoms with Gasteiger partial charge in [-0.1, -0.05) is 20.8 Å². The summed E-state index contributed by atoms with van der Waals surface area (Å²) in [5, 5.41) is 11.1. The maximum atomic E-state index is 11.3. The van der Waals surface area contributed by atoms with E-state index < -0.39 is 0 Å². The number of nitrogens with one attached hydrogen (secondary N) is 2. The van der Waals surface area contributed by atoms with Crippen LogP contribution in [0.4, 0.5) is 17.6 Å². The zero-order valence-electron chi connectivity index (χ0n) is 21.2. The number of pyridine rings is 1. The smallest absolute Gasteiger partial charge is 0.222 e. The van der Waals surface area contributed by atoms with Crippen LogP contribution in [0.15, 0.2) is 42.6 Å². The maximum absolute atomic E-state index is 11.3. The average Bonchev–Trinajstić information content (AvgIpc) is 3.54. The highest BCUT2D eigenvalue weighted by molar-refractivity contribution is 5.87. The molecule has 0 spiro atoms. The minimum absolute atomic E-state index is 0.0769. The quantitative estimate of drug-likeness (QED) is 0.396. The topological polar surface area (TPSA) is 108 Å². The summed E-state index contributed by atoms with van der Waals surface area (Å²) in [6, 6.07) is 11.5. The van der Waals surface area contributed by atoms with Crippen LogP contribution in [0.25, 0.3) is 11.0 Å². The number of nitrogens with zero attached hydrogens (tertiary/aromatic N) is 5. The molecule has 1 fully saturated rings. The van der Waals surface area contributed by atoms with Gasteiger partial charge < -0.3 is 24.7 Å². The number of benzene rings is 1. The van der Waals surface area contributed by atoms with E-state index in [1.165, 1.54) is 6.92 Å². The minimum Gasteiger partial charge on any atom is -0.457 e. The van der Waals surface area contributed by atoms with Crippen LogP contribution >= 0.6 is 0 Å². The lowest BCUT2D eigenvalue weighted by Gasteiger charge is -2.15. The third-order valence-electron chi connectivity index (χ3n) is 6.12. The van der Waals surface area contributed by atoms with E-state index >= 15 is 0 Å². The van der Waals surface area contributed by atoms with Gasteiger partial charge in [0, 0.05) is 50.4 Å². The summed E-state index contributed by atoms with van der Waals surface area (Å²) in [5.41, 5.74) is 2.69. The maximum Gasteiger partial charge on any atom is 0.222 e. The zero-order chi connectivity index (χ0) is 25.4. The number of aryl methyl sites for hydroxylation is 1. The molecule has 36 heavy (non-hydrogen) atoms. The fourth-order valence-electron chi connectivity index (χ4n) is 4.17. The molecule has 188 valence electrons. The van der Waals surface area contributed by atoms with Crippen molar-refractivity contribution in [1.29, 1.82) is 0 Å². The van der Waals surface area contributed by atoms with Gasteiger partial charge in [0.25, 0.3) is 0 Å². The van der Waals surface area contributed by atoms with Crippen LogP contribution in [0.1, 0.15) is 45.9 Å². The highest BCUT2D eigenvalue weighted by atomic mass is 16.5. The molecule has 0 aliphatic carbocycles. The van der Waals surface area contributed by atoms with Crippen molar-refractivity contribution in [2.45, 2.75) is 45.6 Å². The molecular formula is C26H31N7O3. The lowest BCUT2D eigenvalue weighted by molar-refractivity contribution is -0.114. The Morgan fingerprint density at radius 1 is 1.17 bits per heavy atom. The first-order valence-electron chi connectivity index (χ1n) is 12.0. The summed E-state index contributed by atoms with van der Waals surface area (Å²) in [6.45, 7) is 9.32. The predicted octanol–water partition coefficient (Wildman–Crippen LogP) is 4.92. The van der Waals surface area contributed by atoms with Gasteiger partial charge in [0.2, 0.25) is 11.9 Å². The molecule has 1 atom stereocenters. The molecule has 5 rings (SSSR count). The Kier molecular flexibility index (Phi) is 6.13. The summed E-state index contributed by atoms with van der Waals surface area (Å²) in [6.07, 6.45) is 2.53. The number of fused-ring (bicyclic) bond motifs is 1. The Morgan fingerprint density at radius 3 is 2.69 bits per heavy atom. The molecule has 0 bridgehead atoms. The van der Waals surface area contributed by atoms with E-state index in [4.69, 9.17) is 19.6 Å². The highest BCUT2D eigenvalue weighted by Crippen LogP contribution is 2.32. The van der Waals surface area contributed by atoms with Crippen molar-refractivity contribution in [3.8, 4) is 11.5 Å². The van der Waals surface area contributed by atoms with Gasteiger partial charge in [-0.3, -0.25) is 4.79 Å². The molecule has 1 aromatic carbocycles. The molecule has 4 aromatic rings. The molecule has 10 nitrogen and oxygen atoms in total. The van der Waals surface area contributed by atoms with Gasteiger partial charge in [-0.25, -0.2) is 14.6 Å². The first kappa shape index (κ1) is 23.8. The van der Waals surface area contributed by atoms with Crippen LogP contribution in [0.3, 0.4) is 0 Å². The normalized spacial score (nSPS) is 15.9. The molecule has 1 unspecified atom stereocenters. The number of aromatic nitrogens is 5. The summed E-state index contributed by atoms with van der Waals surface area (Å²) in [7, 11) is 1.97. The summed E-state index contributed by atoms with van der Waals surface area (Å²) in [5.74, 6) is 3.08. The fraction of sp³-hybridized carbons (Fsp3) is 0.385. The van der Waals surface area contributed by atoms with Crippen LogP contribution in [-0.2, 0) is 22.0 Å². The third kappa shape index (κ3) is 4.90. The van der Waals surface area contributed by atoms with Crippen molar-refractivity contribution in [3.63, 3.8) is 0 Å². The van der Waals surface area contributed by atoms with Crippen molar-refractivity contribution >= 4 is 34.5 Å². The largest absolute Gasteiger partial charge is 0.457 e. The van der Waals surface area contributed by atoms with E-state index in [2.05, 4.69) is 42.5 Å². The molecule has 4 heterocycles. The van der Waals surface area contributed by atoms with E-state index in [0.717, 1.165) is 35.6 Å². The number of imidazole rings is 1. The fourth-order valence-corrected chi connectivity index (χ4v) is 4.17. The standard InChI is InChI=1S/C26H31N7O3/c1-16(34)28-23-13-19(8-10-27-23)36-18-6-7-20-21(12-18)32(5)25(29-20)30-24-14-22(26(2,3)4)31-33(24)17-9-11-35-15-17/h6-8,10,12-14,17H,9,11,15H2,1-5H3,(H,29,30)(H,27,28,34). The van der Waals surface area contributed by atoms with Gasteiger partial charge in [-0.05, 0) is 24.6 Å². The van der Waals surface area contributed by atoms with E-state index in [0.29, 0.717) is 29.9 Å². The van der Waals surface area contributed by atoms with Gasteiger partial charge in [-0.2, -0.15) is 5.10 Å². The predicted molar refractivity (Wildman–Crippen MR) is 138 cm³/mol. The second kappa shape index (κ2) is 9.27. The molecule has 1 aliphatic heterocycles.